The second-order valence-electron chi connectivity index (χ2n) is 5.48. The SMILES string of the molecule is C=CC(=O)N[C@H]1CC[C@H](Nc2ccc(C(F)(F)F)cc2)CC1. The third-order valence-corrected chi connectivity index (χ3v) is 3.84. The lowest BCUT2D eigenvalue weighted by atomic mass is 9.91. The molecular weight excluding hydrogens is 293 g/mol. The van der Waals surface area contributed by atoms with Crippen LogP contribution in [0, 0.1) is 0 Å². The van der Waals surface area contributed by atoms with Gasteiger partial charge in [0, 0.05) is 17.8 Å². The Morgan fingerprint density at radius 3 is 2.14 bits per heavy atom. The minimum absolute atomic E-state index is 0.149. The molecule has 22 heavy (non-hydrogen) atoms. The molecule has 3 nitrogen and oxygen atoms in total. The van der Waals surface area contributed by atoms with Gasteiger partial charge in [0.2, 0.25) is 5.91 Å². The zero-order valence-electron chi connectivity index (χ0n) is 12.1. The van der Waals surface area contributed by atoms with Crippen LogP contribution >= 0.6 is 0 Å². The highest BCUT2D eigenvalue weighted by Gasteiger charge is 2.30. The molecule has 0 saturated heterocycles. The Morgan fingerprint density at radius 1 is 1.09 bits per heavy atom. The molecule has 1 amide bonds. The number of nitrogens with one attached hydrogen (secondary N) is 2. The summed E-state index contributed by atoms with van der Waals surface area (Å²) >= 11 is 0. The van der Waals surface area contributed by atoms with E-state index in [4.69, 9.17) is 0 Å². The van der Waals surface area contributed by atoms with Gasteiger partial charge in [0.05, 0.1) is 5.56 Å². The maximum atomic E-state index is 12.5. The maximum absolute atomic E-state index is 12.5. The van der Waals surface area contributed by atoms with E-state index in [-0.39, 0.29) is 18.0 Å². The Labute approximate surface area is 127 Å². The molecule has 0 aromatic heterocycles. The zero-order chi connectivity index (χ0) is 16.2. The third kappa shape index (κ3) is 4.51. The number of alkyl halides is 3. The van der Waals surface area contributed by atoms with Crippen molar-refractivity contribution in [2.24, 2.45) is 0 Å². The molecule has 0 radical (unpaired) electrons. The lowest BCUT2D eigenvalue weighted by Crippen LogP contribution is -2.39. The van der Waals surface area contributed by atoms with Crippen LogP contribution in [0.15, 0.2) is 36.9 Å². The molecule has 2 N–H and O–H groups in total. The van der Waals surface area contributed by atoms with Crippen molar-refractivity contribution in [3.8, 4) is 0 Å². The predicted molar refractivity (Wildman–Crippen MR) is 79.5 cm³/mol. The average molecular weight is 312 g/mol. The number of anilines is 1. The lowest BCUT2D eigenvalue weighted by Gasteiger charge is -2.30. The van der Waals surface area contributed by atoms with Gasteiger partial charge in [0.1, 0.15) is 0 Å². The number of hydrogen-bond donors (Lipinski definition) is 2. The van der Waals surface area contributed by atoms with E-state index in [1.54, 1.807) is 0 Å². The Balaban J connectivity index is 1.83. The highest BCUT2D eigenvalue weighted by Crippen LogP contribution is 2.30. The molecule has 2 rings (SSSR count). The number of benzene rings is 1. The molecule has 1 aliphatic rings. The summed E-state index contributed by atoms with van der Waals surface area (Å²) in [5, 5.41) is 6.11. The Kier molecular flexibility index (Phi) is 5.11. The number of hydrogen-bond acceptors (Lipinski definition) is 2. The second-order valence-corrected chi connectivity index (χ2v) is 5.48. The van der Waals surface area contributed by atoms with Gasteiger partial charge >= 0.3 is 6.18 Å². The van der Waals surface area contributed by atoms with Crippen molar-refractivity contribution >= 4 is 11.6 Å². The van der Waals surface area contributed by atoms with Crippen molar-refractivity contribution in [1.29, 1.82) is 0 Å². The standard InChI is InChI=1S/C16H19F3N2O/c1-2-15(22)21-14-9-7-13(8-10-14)20-12-5-3-11(4-6-12)16(17,18)19/h2-6,13-14,20H,1,7-10H2,(H,21,22)/t13-,14-. The minimum Gasteiger partial charge on any atom is -0.382 e. The molecule has 1 aromatic rings. The average Bonchev–Trinajstić information content (AvgIpc) is 2.49. The van der Waals surface area contributed by atoms with Crippen LogP contribution in [-0.2, 0) is 11.0 Å². The second kappa shape index (κ2) is 6.85. The molecule has 120 valence electrons. The number of rotatable bonds is 4. The fourth-order valence-electron chi connectivity index (χ4n) is 2.63. The van der Waals surface area contributed by atoms with Gasteiger partial charge in [0.15, 0.2) is 0 Å². The number of carbonyl (C=O) groups excluding carboxylic acids is 1. The molecule has 1 fully saturated rings. The summed E-state index contributed by atoms with van der Waals surface area (Å²) in [6.45, 7) is 3.42. The monoisotopic (exact) mass is 312 g/mol. The van der Waals surface area contributed by atoms with Crippen LogP contribution in [0.25, 0.3) is 0 Å². The van der Waals surface area contributed by atoms with Crippen LogP contribution in [0.3, 0.4) is 0 Å². The smallest absolute Gasteiger partial charge is 0.382 e. The van der Waals surface area contributed by atoms with Crippen molar-refractivity contribution in [1.82, 2.24) is 5.32 Å². The van der Waals surface area contributed by atoms with Crippen LogP contribution in [0.5, 0.6) is 0 Å². The van der Waals surface area contributed by atoms with Crippen LogP contribution in [0.1, 0.15) is 31.2 Å². The summed E-state index contributed by atoms with van der Waals surface area (Å²) in [7, 11) is 0. The summed E-state index contributed by atoms with van der Waals surface area (Å²) in [6, 6.07) is 5.43. The summed E-state index contributed by atoms with van der Waals surface area (Å²) in [4.78, 5) is 11.2. The first-order valence-electron chi connectivity index (χ1n) is 7.25. The largest absolute Gasteiger partial charge is 0.416 e. The Hall–Kier alpha value is -1.98. The number of halogens is 3. The molecule has 0 unspecified atom stereocenters. The number of amides is 1. The normalized spacial score (nSPS) is 22.0. The van der Waals surface area contributed by atoms with Gasteiger partial charge in [-0.05, 0) is 56.0 Å². The summed E-state index contributed by atoms with van der Waals surface area (Å²) < 4.78 is 37.5. The van der Waals surface area contributed by atoms with E-state index in [1.807, 2.05) is 0 Å². The van der Waals surface area contributed by atoms with Crippen LogP contribution in [0.2, 0.25) is 0 Å². The van der Waals surface area contributed by atoms with E-state index < -0.39 is 11.7 Å². The van der Waals surface area contributed by atoms with Crippen LogP contribution in [-0.4, -0.2) is 18.0 Å². The molecule has 0 aliphatic heterocycles. The van der Waals surface area contributed by atoms with E-state index in [0.29, 0.717) is 5.69 Å². The van der Waals surface area contributed by atoms with Gasteiger partial charge < -0.3 is 10.6 Å². The molecule has 0 atom stereocenters. The van der Waals surface area contributed by atoms with Crippen molar-refractivity contribution in [3.63, 3.8) is 0 Å². The van der Waals surface area contributed by atoms with E-state index in [0.717, 1.165) is 37.8 Å². The van der Waals surface area contributed by atoms with E-state index in [9.17, 15) is 18.0 Å². The van der Waals surface area contributed by atoms with Crippen molar-refractivity contribution in [2.75, 3.05) is 5.32 Å². The van der Waals surface area contributed by atoms with Crippen molar-refractivity contribution in [3.05, 3.63) is 42.5 Å². The van der Waals surface area contributed by atoms with E-state index in [1.165, 1.54) is 18.2 Å². The molecule has 6 heteroatoms. The van der Waals surface area contributed by atoms with Gasteiger partial charge in [-0.25, -0.2) is 0 Å². The van der Waals surface area contributed by atoms with E-state index >= 15 is 0 Å². The third-order valence-electron chi connectivity index (χ3n) is 3.84. The molecule has 1 saturated carbocycles. The quantitative estimate of drug-likeness (QED) is 0.832. The van der Waals surface area contributed by atoms with Gasteiger partial charge in [-0.2, -0.15) is 13.2 Å². The first-order chi connectivity index (χ1) is 10.4. The maximum Gasteiger partial charge on any atom is 0.416 e. The van der Waals surface area contributed by atoms with Crippen LogP contribution < -0.4 is 10.6 Å². The van der Waals surface area contributed by atoms with Gasteiger partial charge in [-0.15, -0.1) is 0 Å². The van der Waals surface area contributed by atoms with Crippen molar-refractivity contribution < 1.29 is 18.0 Å². The Morgan fingerprint density at radius 2 is 1.64 bits per heavy atom. The highest BCUT2D eigenvalue weighted by molar-refractivity contribution is 5.87. The first-order valence-corrected chi connectivity index (χ1v) is 7.25. The van der Waals surface area contributed by atoms with Gasteiger partial charge in [0.25, 0.3) is 0 Å². The highest BCUT2D eigenvalue weighted by atomic mass is 19.4. The number of carbonyl (C=O) groups is 1. The molecular formula is C16H19F3N2O. The predicted octanol–water partition coefficient (Wildman–Crippen LogP) is 3.73. The van der Waals surface area contributed by atoms with Gasteiger partial charge in [-0.3, -0.25) is 4.79 Å². The molecule has 1 aliphatic carbocycles. The fraction of sp³-hybridized carbons (Fsp3) is 0.438. The lowest BCUT2D eigenvalue weighted by molar-refractivity contribution is -0.137. The Bertz CT molecular complexity index is 517. The van der Waals surface area contributed by atoms with Gasteiger partial charge in [-0.1, -0.05) is 6.58 Å². The zero-order valence-corrected chi connectivity index (χ0v) is 12.1. The fourth-order valence-corrected chi connectivity index (χ4v) is 2.63. The molecule has 0 bridgehead atoms. The summed E-state index contributed by atoms with van der Waals surface area (Å²) in [5.41, 5.74) is 0.0421. The minimum atomic E-state index is -4.31. The van der Waals surface area contributed by atoms with E-state index in [2.05, 4.69) is 17.2 Å². The summed E-state index contributed by atoms with van der Waals surface area (Å²) in [5.74, 6) is -0.167. The topological polar surface area (TPSA) is 41.1 Å². The molecule has 0 heterocycles. The van der Waals surface area contributed by atoms with Crippen LogP contribution in [0.4, 0.5) is 18.9 Å². The first kappa shape index (κ1) is 16.4. The molecule has 0 spiro atoms. The molecule has 1 aromatic carbocycles. The summed E-state index contributed by atoms with van der Waals surface area (Å²) in [6.07, 6.45) is 0.370. The van der Waals surface area contributed by atoms with Crippen molar-refractivity contribution in [2.45, 2.75) is 43.9 Å².